The van der Waals surface area contributed by atoms with E-state index in [9.17, 15) is 14.0 Å². The van der Waals surface area contributed by atoms with Crippen molar-refractivity contribution in [2.45, 2.75) is 0 Å². The summed E-state index contributed by atoms with van der Waals surface area (Å²) in [5.74, 6) is -0.452. The lowest BCUT2D eigenvalue weighted by Gasteiger charge is -2.32. The molecule has 1 aromatic carbocycles. The summed E-state index contributed by atoms with van der Waals surface area (Å²) in [5.41, 5.74) is 1.17. The molecular formula is C15H16FN3O2. The lowest BCUT2D eigenvalue weighted by Crippen LogP contribution is -2.48. The molecule has 5 nitrogen and oxygen atoms in total. The van der Waals surface area contributed by atoms with Gasteiger partial charge >= 0.3 is 0 Å². The number of piperazine rings is 1. The summed E-state index contributed by atoms with van der Waals surface area (Å²) < 4.78 is 15.5. The van der Waals surface area contributed by atoms with E-state index in [4.69, 9.17) is 0 Å². The molecule has 0 spiro atoms. The first-order chi connectivity index (χ1) is 10.1. The van der Waals surface area contributed by atoms with Gasteiger partial charge in [-0.2, -0.15) is 0 Å². The third kappa shape index (κ3) is 2.26. The third-order valence-corrected chi connectivity index (χ3v) is 4.00. The molecular weight excluding hydrogens is 273 g/mol. The molecule has 1 aromatic heterocycles. The number of carbonyl (C=O) groups is 2. The average Bonchev–Trinajstić information content (AvgIpc) is 2.85. The SMILES string of the molecule is Cn1c(C(=O)N2CCN(C=O)CC2)cc2c(F)cccc21. The molecule has 21 heavy (non-hydrogen) atoms. The van der Waals surface area contributed by atoms with Crippen molar-refractivity contribution in [1.82, 2.24) is 14.4 Å². The summed E-state index contributed by atoms with van der Waals surface area (Å²) in [6.45, 7) is 2.07. The number of amides is 2. The zero-order valence-corrected chi connectivity index (χ0v) is 11.8. The molecule has 1 saturated heterocycles. The molecule has 1 fully saturated rings. The maximum absolute atomic E-state index is 13.8. The van der Waals surface area contributed by atoms with Crippen molar-refractivity contribution in [3.8, 4) is 0 Å². The van der Waals surface area contributed by atoms with Gasteiger partial charge in [0.1, 0.15) is 11.5 Å². The van der Waals surface area contributed by atoms with Gasteiger partial charge in [0.25, 0.3) is 5.91 Å². The molecule has 1 aliphatic heterocycles. The van der Waals surface area contributed by atoms with Crippen LogP contribution < -0.4 is 0 Å². The van der Waals surface area contributed by atoms with Crippen LogP contribution in [0.5, 0.6) is 0 Å². The maximum atomic E-state index is 13.8. The zero-order chi connectivity index (χ0) is 15.0. The van der Waals surface area contributed by atoms with Crippen LogP contribution in [0.1, 0.15) is 10.5 Å². The molecule has 0 saturated carbocycles. The van der Waals surface area contributed by atoms with Crippen molar-refractivity contribution >= 4 is 23.2 Å². The first-order valence-electron chi connectivity index (χ1n) is 6.84. The van der Waals surface area contributed by atoms with Crippen molar-refractivity contribution in [1.29, 1.82) is 0 Å². The van der Waals surface area contributed by atoms with Gasteiger partial charge in [-0.3, -0.25) is 9.59 Å². The van der Waals surface area contributed by atoms with E-state index in [1.54, 1.807) is 39.6 Å². The van der Waals surface area contributed by atoms with Gasteiger partial charge in [0, 0.05) is 38.6 Å². The second kappa shape index (κ2) is 5.20. The maximum Gasteiger partial charge on any atom is 0.270 e. The van der Waals surface area contributed by atoms with E-state index in [0.29, 0.717) is 42.8 Å². The number of nitrogens with zero attached hydrogens (tertiary/aromatic N) is 3. The summed E-state index contributed by atoms with van der Waals surface area (Å²) in [6.07, 6.45) is 0.800. The fourth-order valence-electron chi connectivity index (χ4n) is 2.72. The Kier molecular flexibility index (Phi) is 3.37. The average molecular weight is 289 g/mol. The van der Waals surface area contributed by atoms with Gasteiger partial charge in [0.2, 0.25) is 6.41 Å². The number of hydrogen-bond donors (Lipinski definition) is 0. The summed E-state index contributed by atoms with van der Waals surface area (Å²) >= 11 is 0. The van der Waals surface area contributed by atoms with Gasteiger partial charge in [-0.1, -0.05) is 6.07 Å². The highest BCUT2D eigenvalue weighted by atomic mass is 19.1. The first-order valence-corrected chi connectivity index (χ1v) is 6.84. The van der Waals surface area contributed by atoms with Crippen LogP contribution in [0.3, 0.4) is 0 Å². The normalized spacial score (nSPS) is 15.5. The molecule has 0 aliphatic carbocycles. The third-order valence-electron chi connectivity index (χ3n) is 4.00. The van der Waals surface area contributed by atoms with Gasteiger partial charge in [-0.05, 0) is 18.2 Å². The number of carbonyl (C=O) groups excluding carboxylic acids is 2. The quantitative estimate of drug-likeness (QED) is 0.781. The van der Waals surface area contributed by atoms with Crippen LogP contribution >= 0.6 is 0 Å². The van der Waals surface area contributed by atoms with Gasteiger partial charge < -0.3 is 14.4 Å². The Morgan fingerprint density at radius 2 is 1.95 bits per heavy atom. The Morgan fingerprint density at radius 3 is 2.57 bits per heavy atom. The Morgan fingerprint density at radius 1 is 1.24 bits per heavy atom. The highest BCUT2D eigenvalue weighted by Crippen LogP contribution is 2.22. The number of benzene rings is 1. The molecule has 0 bridgehead atoms. The van der Waals surface area contributed by atoms with E-state index in [0.717, 1.165) is 6.41 Å². The molecule has 0 N–H and O–H groups in total. The molecule has 2 heterocycles. The molecule has 0 radical (unpaired) electrons. The van der Waals surface area contributed by atoms with Gasteiger partial charge in [-0.15, -0.1) is 0 Å². The van der Waals surface area contributed by atoms with Gasteiger partial charge in [0.15, 0.2) is 0 Å². The second-order valence-corrected chi connectivity index (χ2v) is 5.19. The van der Waals surface area contributed by atoms with E-state index < -0.39 is 0 Å². The van der Waals surface area contributed by atoms with Crippen LogP contribution in [0.4, 0.5) is 4.39 Å². The first kappa shape index (κ1) is 13.6. The standard InChI is InChI=1S/C15H16FN3O2/c1-17-13-4-2-3-12(16)11(13)9-14(17)15(21)19-7-5-18(10-20)6-8-19/h2-4,9-10H,5-8H2,1H3. The molecule has 0 atom stereocenters. The van der Waals surface area contributed by atoms with Crippen molar-refractivity contribution in [2.75, 3.05) is 26.2 Å². The molecule has 1 aliphatic rings. The Balaban J connectivity index is 1.90. The van der Waals surface area contributed by atoms with Gasteiger partial charge in [0.05, 0.1) is 5.52 Å². The largest absolute Gasteiger partial charge is 0.342 e. The molecule has 6 heteroatoms. The summed E-state index contributed by atoms with van der Waals surface area (Å²) in [6, 6.07) is 6.41. The van der Waals surface area contributed by atoms with E-state index in [2.05, 4.69) is 0 Å². The van der Waals surface area contributed by atoms with E-state index in [1.807, 2.05) is 0 Å². The predicted molar refractivity (Wildman–Crippen MR) is 76.4 cm³/mol. The Labute approximate surface area is 121 Å². The van der Waals surface area contributed by atoms with E-state index in [-0.39, 0.29) is 11.7 Å². The summed E-state index contributed by atoms with van der Waals surface area (Å²) in [7, 11) is 1.76. The molecule has 0 unspecified atom stereocenters. The number of aromatic nitrogens is 1. The lowest BCUT2D eigenvalue weighted by molar-refractivity contribution is -0.119. The minimum absolute atomic E-state index is 0.126. The second-order valence-electron chi connectivity index (χ2n) is 5.19. The number of aryl methyl sites for hydroxylation is 1. The van der Waals surface area contributed by atoms with Gasteiger partial charge in [-0.25, -0.2) is 4.39 Å². The van der Waals surface area contributed by atoms with E-state index >= 15 is 0 Å². The monoisotopic (exact) mass is 289 g/mol. The van der Waals surface area contributed by atoms with Crippen molar-refractivity contribution < 1.29 is 14.0 Å². The van der Waals surface area contributed by atoms with Crippen LogP contribution in [0, 0.1) is 5.82 Å². The van der Waals surface area contributed by atoms with Crippen LogP contribution in [0.2, 0.25) is 0 Å². The number of halogens is 1. The predicted octanol–water partition coefficient (Wildman–Crippen LogP) is 1.23. The van der Waals surface area contributed by atoms with E-state index in [1.165, 1.54) is 6.07 Å². The smallest absolute Gasteiger partial charge is 0.270 e. The minimum atomic E-state index is -0.326. The molecule has 3 rings (SSSR count). The minimum Gasteiger partial charge on any atom is -0.342 e. The summed E-state index contributed by atoms with van der Waals surface area (Å²) in [5, 5.41) is 0.454. The number of fused-ring (bicyclic) bond motifs is 1. The highest BCUT2D eigenvalue weighted by Gasteiger charge is 2.24. The Hall–Kier alpha value is -2.37. The van der Waals surface area contributed by atoms with Crippen LogP contribution in [-0.2, 0) is 11.8 Å². The fraction of sp³-hybridized carbons (Fsp3) is 0.333. The fourth-order valence-corrected chi connectivity index (χ4v) is 2.72. The van der Waals surface area contributed by atoms with Crippen LogP contribution in [0.25, 0.3) is 10.9 Å². The topological polar surface area (TPSA) is 45.6 Å². The summed E-state index contributed by atoms with van der Waals surface area (Å²) in [4.78, 5) is 26.6. The van der Waals surface area contributed by atoms with Crippen LogP contribution in [-0.4, -0.2) is 52.9 Å². The van der Waals surface area contributed by atoms with Crippen LogP contribution in [0.15, 0.2) is 24.3 Å². The molecule has 2 amide bonds. The molecule has 110 valence electrons. The van der Waals surface area contributed by atoms with Crippen molar-refractivity contribution in [2.24, 2.45) is 7.05 Å². The Bertz CT molecular complexity index is 702. The zero-order valence-electron chi connectivity index (χ0n) is 11.8. The number of hydrogen-bond acceptors (Lipinski definition) is 2. The highest BCUT2D eigenvalue weighted by molar-refractivity contribution is 5.99. The van der Waals surface area contributed by atoms with Crippen molar-refractivity contribution in [3.63, 3.8) is 0 Å². The van der Waals surface area contributed by atoms with Crippen molar-refractivity contribution in [3.05, 3.63) is 35.8 Å². The number of rotatable bonds is 2. The lowest BCUT2D eigenvalue weighted by atomic mass is 10.2. The molecule has 2 aromatic rings.